The molecule has 0 atom stereocenters. The Labute approximate surface area is 48.4 Å². The Kier molecular flexibility index (Phi) is 5.84. The van der Waals surface area contributed by atoms with E-state index < -0.39 is 0 Å². The van der Waals surface area contributed by atoms with Gasteiger partial charge in [0.1, 0.15) is 0 Å². The van der Waals surface area contributed by atoms with Crippen molar-refractivity contribution in [2.45, 2.75) is 6.92 Å². The molecule has 0 aromatic rings. The zero-order valence-corrected chi connectivity index (χ0v) is 5.43. The number of rotatable bonds is 2. The van der Waals surface area contributed by atoms with Gasteiger partial charge in [0.25, 0.3) is 0 Å². The quantitative estimate of drug-likeness (QED) is 0.545. The van der Waals surface area contributed by atoms with Crippen LogP contribution in [0.2, 0.25) is 0 Å². The van der Waals surface area contributed by atoms with Crippen molar-refractivity contribution in [2.75, 3.05) is 5.75 Å². The molecule has 0 fully saturated rings. The van der Waals surface area contributed by atoms with E-state index in [0.717, 1.165) is 5.75 Å². The van der Waals surface area contributed by atoms with Crippen LogP contribution in [0.5, 0.6) is 0 Å². The average Bonchev–Trinajstić information content (AvgIpc) is 1.61. The van der Waals surface area contributed by atoms with E-state index in [1.807, 2.05) is 5.41 Å². The fraction of sp³-hybridized carbons (Fsp3) is 0.500. The lowest BCUT2D eigenvalue weighted by molar-refractivity contribution is 1.54. The van der Waals surface area contributed by atoms with E-state index in [1.54, 1.807) is 17.2 Å². The standard InChI is InChI=1S/C4H8S2/c1-2-6-4-3-5/h3-5H,2H2,1H3/b4-3+. The van der Waals surface area contributed by atoms with Gasteiger partial charge < -0.3 is 0 Å². The first-order valence-electron chi connectivity index (χ1n) is 1.82. The smallest absolute Gasteiger partial charge is 0.00543 e. The molecule has 0 saturated heterocycles. The average molecular weight is 120 g/mol. The molecule has 0 aliphatic rings. The monoisotopic (exact) mass is 120 g/mol. The topological polar surface area (TPSA) is 0 Å². The van der Waals surface area contributed by atoms with Crippen LogP contribution in [-0.4, -0.2) is 5.75 Å². The van der Waals surface area contributed by atoms with Crippen molar-refractivity contribution in [3.63, 3.8) is 0 Å². The molecule has 0 amide bonds. The molecule has 0 N–H and O–H groups in total. The van der Waals surface area contributed by atoms with Crippen LogP contribution in [0.1, 0.15) is 6.92 Å². The highest BCUT2D eigenvalue weighted by atomic mass is 32.2. The van der Waals surface area contributed by atoms with Crippen LogP contribution in [-0.2, 0) is 0 Å². The minimum Gasteiger partial charge on any atom is -0.151 e. The van der Waals surface area contributed by atoms with Crippen molar-refractivity contribution in [1.82, 2.24) is 0 Å². The van der Waals surface area contributed by atoms with Crippen LogP contribution in [0.4, 0.5) is 0 Å². The number of hydrogen-bond acceptors (Lipinski definition) is 2. The second kappa shape index (κ2) is 5.44. The summed E-state index contributed by atoms with van der Waals surface area (Å²) < 4.78 is 0. The lowest BCUT2D eigenvalue weighted by atomic mass is 11.0. The largest absolute Gasteiger partial charge is 0.151 e. The molecular formula is C4H8S2. The van der Waals surface area contributed by atoms with E-state index in [-0.39, 0.29) is 0 Å². The lowest BCUT2D eigenvalue weighted by Crippen LogP contribution is -1.52. The zero-order valence-electron chi connectivity index (χ0n) is 3.72. The molecule has 0 spiro atoms. The highest BCUT2D eigenvalue weighted by Gasteiger charge is 1.64. The highest BCUT2D eigenvalue weighted by molar-refractivity contribution is 8.02. The molecule has 0 aromatic carbocycles. The number of thioether (sulfide) groups is 1. The minimum atomic E-state index is 1.14. The minimum absolute atomic E-state index is 1.14. The molecule has 0 aliphatic heterocycles. The van der Waals surface area contributed by atoms with Crippen molar-refractivity contribution in [3.8, 4) is 0 Å². The molecule has 0 saturated carbocycles. The summed E-state index contributed by atoms with van der Waals surface area (Å²) in [5, 5.41) is 3.71. The van der Waals surface area contributed by atoms with Crippen LogP contribution in [0.3, 0.4) is 0 Å². The summed E-state index contributed by atoms with van der Waals surface area (Å²) in [5.74, 6) is 1.14. The van der Waals surface area contributed by atoms with Crippen molar-refractivity contribution >= 4 is 24.4 Å². The Bertz CT molecular complexity index is 40.8. The molecule has 0 rings (SSSR count). The van der Waals surface area contributed by atoms with Gasteiger partial charge in [0.15, 0.2) is 0 Å². The van der Waals surface area contributed by atoms with Gasteiger partial charge in [-0.3, -0.25) is 0 Å². The molecule has 0 aromatic heterocycles. The van der Waals surface area contributed by atoms with Gasteiger partial charge in [0.05, 0.1) is 0 Å². The Morgan fingerprint density at radius 3 is 2.67 bits per heavy atom. The molecule has 0 radical (unpaired) electrons. The third-order valence-electron chi connectivity index (χ3n) is 0.324. The summed E-state index contributed by atoms with van der Waals surface area (Å²) in [6, 6.07) is 0. The third kappa shape index (κ3) is 4.44. The molecule has 0 heterocycles. The summed E-state index contributed by atoms with van der Waals surface area (Å²) in [4.78, 5) is 0. The van der Waals surface area contributed by atoms with Crippen LogP contribution in [0.25, 0.3) is 0 Å². The highest BCUT2D eigenvalue weighted by Crippen LogP contribution is 1.99. The molecule has 0 nitrogen and oxygen atoms in total. The first-order valence-corrected chi connectivity index (χ1v) is 3.39. The van der Waals surface area contributed by atoms with Crippen LogP contribution >= 0.6 is 24.4 Å². The normalized spacial score (nSPS) is 10.3. The number of thiol groups is 1. The summed E-state index contributed by atoms with van der Waals surface area (Å²) >= 11 is 5.60. The van der Waals surface area contributed by atoms with Gasteiger partial charge >= 0.3 is 0 Å². The summed E-state index contributed by atoms with van der Waals surface area (Å²) in [6.45, 7) is 2.11. The van der Waals surface area contributed by atoms with Gasteiger partial charge in [-0.25, -0.2) is 0 Å². The van der Waals surface area contributed by atoms with Gasteiger partial charge in [-0.2, -0.15) is 12.6 Å². The van der Waals surface area contributed by atoms with Crippen molar-refractivity contribution in [3.05, 3.63) is 10.8 Å². The van der Waals surface area contributed by atoms with E-state index in [9.17, 15) is 0 Å². The van der Waals surface area contributed by atoms with E-state index in [2.05, 4.69) is 19.6 Å². The fourth-order valence-corrected chi connectivity index (χ4v) is 0.676. The van der Waals surface area contributed by atoms with E-state index in [0.29, 0.717) is 0 Å². The predicted octanol–water partition coefficient (Wildman–Crippen LogP) is 2.14. The fourth-order valence-electron chi connectivity index (χ4n) is 0.139. The SMILES string of the molecule is CCS/C=C/S. The summed E-state index contributed by atoms with van der Waals surface area (Å²) in [5.41, 5.74) is 0. The maximum absolute atomic E-state index is 3.85. The Morgan fingerprint density at radius 2 is 2.50 bits per heavy atom. The second-order valence-electron chi connectivity index (χ2n) is 0.740. The van der Waals surface area contributed by atoms with Gasteiger partial charge in [-0.15, -0.1) is 11.8 Å². The van der Waals surface area contributed by atoms with Crippen LogP contribution in [0, 0.1) is 0 Å². The second-order valence-corrected chi connectivity index (χ2v) is 2.22. The first-order chi connectivity index (χ1) is 2.91. The van der Waals surface area contributed by atoms with Crippen molar-refractivity contribution < 1.29 is 0 Å². The Hall–Kier alpha value is 0.440. The molecule has 6 heavy (non-hydrogen) atoms. The third-order valence-corrected chi connectivity index (χ3v) is 1.34. The molecular weight excluding hydrogens is 112 g/mol. The maximum Gasteiger partial charge on any atom is -0.00543 e. The Balaban J connectivity index is 2.66. The summed E-state index contributed by atoms with van der Waals surface area (Å²) in [6.07, 6.45) is 0. The van der Waals surface area contributed by atoms with Gasteiger partial charge in [0, 0.05) is 0 Å². The molecule has 2 heteroatoms. The molecule has 0 unspecified atom stereocenters. The Morgan fingerprint density at radius 1 is 1.83 bits per heavy atom. The van der Waals surface area contributed by atoms with Gasteiger partial charge in [0.2, 0.25) is 0 Å². The lowest BCUT2D eigenvalue weighted by Gasteiger charge is -1.76. The zero-order chi connectivity index (χ0) is 4.83. The van der Waals surface area contributed by atoms with Crippen LogP contribution < -0.4 is 0 Å². The van der Waals surface area contributed by atoms with E-state index in [4.69, 9.17) is 0 Å². The number of hydrogen-bond donors (Lipinski definition) is 1. The maximum atomic E-state index is 3.85. The predicted molar refractivity (Wildman–Crippen MR) is 36.3 cm³/mol. The van der Waals surface area contributed by atoms with Gasteiger partial charge in [-0.1, -0.05) is 6.92 Å². The molecule has 36 valence electrons. The van der Waals surface area contributed by atoms with E-state index >= 15 is 0 Å². The van der Waals surface area contributed by atoms with Crippen LogP contribution in [0.15, 0.2) is 10.8 Å². The first kappa shape index (κ1) is 6.44. The summed E-state index contributed by atoms with van der Waals surface area (Å²) in [7, 11) is 0. The van der Waals surface area contributed by atoms with E-state index in [1.165, 1.54) is 0 Å². The van der Waals surface area contributed by atoms with Crippen molar-refractivity contribution in [1.29, 1.82) is 0 Å². The molecule has 0 aliphatic carbocycles. The van der Waals surface area contributed by atoms with Gasteiger partial charge in [-0.05, 0) is 16.6 Å². The molecule has 0 bridgehead atoms. The van der Waals surface area contributed by atoms with Crippen molar-refractivity contribution in [2.24, 2.45) is 0 Å².